The van der Waals surface area contributed by atoms with Crippen molar-refractivity contribution in [3.63, 3.8) is 0 Å². The highest BCUT2D eigenvalue weighted by Gasteiger charge is 2.28. The first kappa shape index (κ1) is 22.6. The average molecular weight is 435 g/mol. The summed E-state index contributed by atoms with van der Waals surface area (Å²) >= 11 is 0. The lowest BCUT2D eigenvalue weighted by atomic mass is 10.2. The van der Waals surface area contributed by atoms with E-state index in [1.807, 2.05) is 37.3 Å². The number of rotatable bonds is 10. The Morgan fingerprint density at radius 1 is 0.900 bits per heavy atom. The smallest absolute Gasteiger partial charge is 0.243 e. The number of aryl methyl sites for hydroxylation is 1. The molecule has 1 aliphatic heterocycles. The number of nitrogens with zero attached hydrogens (tertiary/aromatic N) is 2. The van der Waals surface area contributed by atoms with Gasteiger partial charge in [0.15, 0.2) is 0 Å². The fourth-order valence-corrected chi connectivity index (χ4v) is 4.84. The molecule has 7 nitrogen and oxygen atoms in total. The summed E-state index contributed by atoms with van der Waals surface area (Å²) in [5.74, 6) is 1.53. The van der Waals surface area contributed by atoms with Gasteiger partial charge in [-0.1, -0.05) is 18.2 Å². The van der Waals surface area contributed by atoms with E-state index in [0.717, 1.165) is 17.9 Å². The summed E-state index contributed by atoms with van der Waals surface area (Å²) in [7, 11) is -1.91. The molecule has 0 atom stereocenters. The van der Waals surface area contributed by atoms with Crippen LogP contribution in [0.4, 0.5) is 0 Å². The molecule has 0 bridgehead atoms. The first-order valence-electron chi connectivity index (χ1n) is 10.1. The van der Waals surface area contributed by atoms with E-state index in [1.54, 1.807) is 29.6 Å². The molecule has 1 heterocycles. The molecular weight excluding hydrogens is 404 g/mol. The van der Waals surface area contributed by atoms with Gasteiger partial charge in [0.05, 0.1) is 11.5 Å². The van der Waals surface area contributed by atoms with Crippen molar-refractivity contribution >= 4 is 10.0 Å². The molecule has 164 valence electrons. The number of hydrogen-bond acceptors (Lipinski definition) is 6. The molecule has 0 aromatic heterocycles. The van der Waals surface area contributed by atoms with Gasteiger partial charge in [0.1, 0.15) is 24.7 Å². The molecule has 1 saturated heterocycles. The van der Waals surface area contributed by atoms with Gasteiger partial charge >= 0.3 is 0 Å². The average Bonchev–Trinajstić information content (AvgIpc) is 2.76. The Morgan fingerprint density at radius 3 is 2.30 bits per heavy atom. The van der Waals surface area contributed by atoms with E-state index >= 15 is 0 Å². The third kappa shape index (κ3) is 5.95. The topological polar surface area (TPSA) is 68.3 Å². The largest absolute Gasteiger partial charge is 0.492 e. The van der Waals surface area contributed by atoms with Crippen molar-refractivity contribution in [2.45, 2.75) is 11.8 Å². The Morgan fingerprint density at radius 2 is 1.63 bits per heavy atom. The zero-order valence-corrected chi connectivity index (χ0v) is 18.4. The molecule has 2 aromatic carbocycles. The number of hydrogen-bond donors (Lipinski definition) is 0. The molecule has 8 heteroatoms. The summed E-state index contributed by atoms with van der Waals surface area (Å²) in [5, 5.41) is 0. The molecule has 0 radical (unpaired) electrons. The molecule has 30 heavy (non-hydrogen) atoms. The minimum atomic E-state index is -3.52. The molecule has 0 spiro atoms. The van der Waals surface area contributed by atoms with Gasteiger partial charge in [0.2, 0.25) is 10.0 Å². The molecule has 0 N–H and O–H groups in total. The van der Waals surface area contributed by atoms with Gasteiger partial charge in [-0.3, -0.25) is 4.90 Å². The summed E-state index contributed by atoms with van der Waals surface area (Å²) in [5.41, 5.74) is 0.795. The molecule has 0 saturated carbocycles. The number of piperazine rings is 1. The highest BCUT2D eigenvalue weighted by molar-refractivity contribution is 7.89. The van der Waals surface area contributed by atoms with Crippen LogP contribution in [0.1, 0.15) is 5.56 Å². The number of sulfonamides is 1. The maximum absolute atomic E-state index is 13.0. The van der Waals surface area contributed by atoms with Gasteiger partial charge in [-0.15, -0.1) is 0 Å². The van der Waals surface area contributed by atoms with Crippen LogP contribution in [0.15, 0.2) is 53.4 Å². The van der Waals surface area contributed by atoms with Gasteiger partial charge in [-0.05, 0) is 42.8 Å². The fraction of sp³-hybridized carbons (Fsp3) is 0.455. The van der Waals surface area contributed by atoms with Crippen LogP contribution in [0.25, 0.3) is 0 Å². The summed E-state index contributed by atoms with van der Waals surface area (Å²) < 4.78 is 44.0. The molecule has 1 fully saturated rings. The predicted octanol–water partition coefficient (Wildman–Crippen LogP) is 2.41. The Kier molecular flexibility index (Phi) is 8.09. The second-order valence-corrected chi connectivity index (χ2v) is 9.11. The number of para-hydroxylation sites is 1. The van der Waals surface area contributed by atoms with Crippen molar-refractivity contribution < 1.29 is 22.6 Å². The SMILES string of the molecule is COCCOc1ccc(S(=O)(=O)N2CCN(CCOc3ccccc3)CC2)cc1C. The van der Waals surface area contributed by atoms with Crippen molar-refractivity contribution in [2.24, 2.45) is 0 Å². The van der Waals surface area contributed by atoms with E-state index in [0.29, 0.717) is 56.6 Å². The van der Waals surface area contributed by atoms with E-state index in [9.17, 15) is 8.42 Å². The first-order valence-corrected chi connectivity index (χ1v) is 11.6. The molecule has 2 aromatic rings. The van der Waals surface area contributed by atoms with Crippen molar-refractivity contribution in [3.05, 3.63) is 54.1 Å². The summed E-state index contributed by atoms with van der Waals surface area (Å²) in [6.07, 6.45) is 0. The van der Waals surface area contributed by atoms with Crippen LogP contribution < -0.4 is 9.47 Å². The Bertz CT molecular complexity index is 897. The van der Waals surface area contributed by atoms with Crippen LogP contribution in [0.2, 0.25) is 0 Å². The molecular formula is C22H30N2O5S. The van der Waals surface area contributed by atoms with Crippen LogP contribution >= 0.6 is 0 Å². The monoisotopic (exact) mass is 434 g/mol. The van der Waals surface area contributed by atoms with Crippen molar-refractivity contribution in [1.82, 2.24) is 9.21 Å². The van der Waals surface area contributed by atoms with Gasteiger partial charge in [0, 0.05) is 39.8 Å². The maximum Gasteiger partial charge on any atom is 0.243 e. The highest BCUT2D eigenvalue weighted by Crippen LogP contribution is 2.24. The van der Waals surface area contributed by atoms with Crippen molar-refractivity contribution in [1.29, 1.82) is 0 Å². The normalized spacial score (nSPS) is 15.8. The minimum Gasteiger partial charge on any atom is -0.492 e. The standard InChI is InChI=1S/C22H30N2O5S/c1-19-18-21(8-9-22(19)29-17-16-27-2)30(25,26)24-12-10-23(11-13-24)14-15-28-20-6-4-3-5-7-20/h3-9,18H,10-17H2,1-2H3. The zero-order chi connectivity index (χ0) is 21.4. The molecule has 3 rings (SSSR count). The van der Waals surface area contributed by atoms with Crippen LogP contribution in [-0.4, -0.2) is 77.3 Å². The van der Waals surface area contributed by atoms with E-state index in [2.05, 4.69) is 4.90 Å². The highest BCUT2D eigenvalue weighted by atomic mass is 32.2. The number of benzene rings is 2. The Labute approximate surface area is 179 Å². The summed E-state index contributed by atoms with van der Waals surface area (Å²) in [4.78, 5) is 2.53. The second-order valence-electron chi connectivity index (χ2n) is 7.18. The molecule has 0 amide bonds. The van der Waals surface area contributed by atoms with Gasteiger partial charge in [-0.25, -0.2) is 8.42 Å². The summed E-state index contributed by atoms with van der Waals surface area (Å²) in [6, 6.07) is 14.7. The van der Waals surface area contributed by atoms with E-state index in [-0.39, 0.29) is 0 Å². The molecule has 1 aliphatic rings. The van der Waals surface area contributed by atoms with Crippen molar-refractivity contribution in [3.8, 4) is 11.5 Å². The van der Waals surface area contributed by atoms with Crippen LogP contribution in [-0.2, 0) is 14.8 Å². The quantitative estimate of drug-likeness (QED) is 0.535. The lowest BCUT2D eigenvalue weighted by Gasteiger charge is -2.33. The van der Waals surface area contributed by atoms with Crippen molar-refractivity contribution in [2.75, 3.05) is 59.7 Å². The van der Waals surface area contributed by atoms with Gasteiger partial charge in [-0.2, -0.15) is 4.31 Å². The third-order valence-corrected chi connectivity index (χ3v) is 6.97. The zero-order valence-electron chi connectivity index (χ0n) is 17.6. The van der Waals surface area contributed by atoms with E-state index < -0.39 is 10.0 Å². The Balaban J connectivity index is 1.51. The predicted molar refractivity (Wildman–Crippen MR) is 116 cm³/mol. The number of methoxy groups -OCH3 is 1. The minimum absolute atomic E-state index is 0.306. The molecule has 0 unspecified atom stereocenters. The van der Waals surface area contributed by atoms with E-state index in [4.69, 9.17) is 14.2 Å². The fourth-order valence-electron chi connectivity index (χ4n) is 3.33. The first-order chi connectivity index (χ1) is 14.5. The second kappa shape index (κ2) is 10.8. The summed E-state index contributed by atoms with van der Waals surface area (Å²) in [6.45, 7) is 6.45. The number of ether oxygens (including phenoxy) is 3. The van der Waals surface area contributed by atoms with Crippen LogP contribution in [0.5, 0.6) is 11.5 Å². The van der Waals surface area contributed by atoms with Crippen LogP contribution in [0.3, 0.4) is 0 Å². The maximum atomic E-state index is 13.0. The lowest BCUT2D eigenvalue weighted by molar-refractivity contribution is 0.146. The Hall–Kier alpha value is -2.13. The lowest BCUT2D eigenvalue weighted by Crippen LogP contribution is -2.49. The molecule has 0 aliphatic carbocycles. The van der Waals surface area contributed by atoms with Gasteiger partial charge in [0.25, 0.3) is 0 Å². The van der Waals surface area contributed by atoms with Gasteiger partial charge < -0.3 is 14.2 Å². The van der Waals surface area contributed by atoms with E-state index in [1.165, 1.54) is 0 Å². The van der Waals surface area contributed by atoms with Crippen LogP contribution in [0, 0.1) is 6.92 Å². The third-order valence-electron chi connectivity index (χ3n) is 5.08.